The van der Waals surface area contributed by atoms with E-state index in [9.17, 15) is 8.42 Å². The lowest BCUT2D eigenvalue weighted by Gasteiger charge is -2.26. The van der Waals surface area contributed by atoms with E-state index < -0.39 is 26.5 Å². The molecule has 0 unspecified atom stereocenters. The lowest BCUT2D eigenvalue weighted by atomic mass is 10.1. The molecule has 0 bridgehead atoms. The van der Waals surface area contributed by atoms with Crippen LogP contribution in [0.15, 0.2) is 40.9 Å². The van der Waals surface area contributed by atoms with Gasteiger partial charge in [0, 0.05) is 6.10 Å². The summed E-state index contributed by atoms with van der Waals surface area (Å²) in [6, 6.07) is 6.72. The summed E-state index contributed by atoms with van der Waals surface area (Å²) in [4.78, 5) is 0.203. The number of benzene rings is 1. The van der Waals surface area contributed by atoms with Gasteiger partial charge in [-0.25, -0.2) is 0 Å². The number of rotatable bonds is 11. The van der Waals surface area contributed by atoms with Crippen LogP contribution in [0.25, 0.3) is 0 Å². The number of hydrogen-bond donors (Lipinski definition) is 0. The maximum absolute atomic E-state index is 12.3. The number of aryl methyl sites for hydroxylation is 1. The summed E-state index contributed by atoms with van der Waals surface area (Å²) in [7, 11) is -6.60. The fraction of sp³-hybridized carbons (Fsp3) is 0.600. The molecule has 0 aromatic heterocycles. The zero-order chi connectivity index (χ0) is 20.7. The van der Waals surface area contributed by atoms with Crippen LogP contribution < -0.4 is 0 Å². The summed E-state index contributed by atoms with van der Waals surface area (Å²) < 4.78 is 36.1. The van der Waals surface area contributed by atoms with E-state index in [1.165, 1.54) is 0 Å². The average Bonchev–Trinajstić information content (AvgIpc) is 2.49. The van der Waals surface area contributed by atoms with Crippen molar-refractivity contribution < 1.29 is 17.0 Å². The van der Waals surface area contributed by atoms with Crippen LogP contribution in [0, 0.1) is 6.92 Å². The van der Waals surface area contributed by atoms with Crippen molar-refractivity contribution >= 4 is 26.5 Å². The molecule has 0 spiro atoms. The van der Waals surface area contributed by atoms with E-state index in [4.69, 9.17) is 8.61 Å². The van der Waals surface area contributed by atoms with Gasteiger partial charge in [0.1, 0.15) is 0 Å². The summed E-state index contributed by atoms with van der Waals surface area (Å²) in [5.74, 6) is 0. The Morgan fingerprint density at radius 1 is 1.00 bits per heavy atom. The molecule has 1 aromatic carbocycles. The van der Waals surface area contributed by atoms with Crippen molar-refractivity contribution in [3.05, 3.63) is 41.6 Å². The molecular weight excluding hydrogens is 392 g/mol. The van der Waals surface area contributed by atoms with Gasteiger partial charge >= 0.3 is 0 Å². The molecule has 0 radical (unpaired) electrons. The molecule has 0 saturated carbocycles. The summed E-state index contributed by atoms with van der Waals surface area (Å²) in [6.45, 7) is 15.5. The second kappa shape index (κ2) is 10.2. The molecule has 1 atom stereocenters. The first kappa shape index (κ1) is 24.3. The second-order valence-electron chi connectivity index (χ2n) is 9.08. The normalized spacial score (nSPS) is 14.6. The van der Waals surface area contributed by atoms with E-state index >= 15 is 0 Å². The van der Waals surface area contributed by atoms with Crippen molar-refractivity contribution in [2.24, 2.45) is 0 Å². The van der Waals surface area contributed by atoms with Gasteiger partial charge in [-0.05, 0) is 58.0 Å². The van der Waals surface area contributed by atoms with Gasteiger partial charge in [-0.15, -0.1) is 0 Å². The lowest BCUT2D eigenvalue weighted by molar-refractivity contribution is 0.149. The van der Waals surface area contributed by atoms with Gasteiger partial charge in [-0.2, -0.15) is 8.42 Å². The Morgan fingerprint density at radius 2 is 1.59 bits per heavy atom. The summed E-state index contributed by atoms with van der Waals surface area (Å²) in [6.07, 6.45) is 4.69. The first-order chi connectivity index (χ1) is 12.3. The van der Waals surface area contributed by atoms with Gasteiger partial charge < -0.3 is 4.43 Å². The predicted molar refractivity (Wildman–Crippen MR) is 119 cm³/mol. The Bertz CT molecular complexity index is 699. The van der Waals surface area contributed by atoms with Crippen LogP contribution in [0.4, 0.5) is 0 Å². The maximum atomic E-state index is 12.3. The molecule has 0 saturated heterocycles. The van der Waals surface area contributed by atoms with Crippen molar-refractivity contribution in [2.45, 2.75) is 76.5 Å². The molecule has 4 nitrogen and oxygen atoms in total. The van der Waals surface area contributed by atoms with Crippen molar-refractivity contribution in [1.29, 1.82) is 0 Å². The van der Waals surface area contributed by atoms with E-state index in [2.05, 4.69) is 51.1 Å². The maximum Gasteiger partial charge on any atom is 0.296 e. The van der Waals surface area contributed by atoms with Crippen molar-refractivity contribution in [3.8, 4) is 0 Å². The van der Waals surface area contributed by atoms with Gasteiger partial charge in [-0.1, -0.05) is 49.1 Å². The van der Waals surface area contributed by atoms with Crippen molar-refractivity contribution in [3.63, 3.8) is 0 Å². The van der Waals surface area contributed by atoms with Crippen LogP contribution in [0.3, 0.4) is 0 Å². The molecule has 0 aliphatic rings. The monoisotopic (exact) mass is 428 g/mol. The number of hydrogen-bond acceptors (Lipinski definition) is 4. The zero-order valence-corrected chi connectivity index (χ0v) is 20.7. The highest BCUT2D eigenvalue weighted by Gasteiger charge is 2.22. The van der Waals surface area contributed by atoms with Gasteiger partial charge in [0.05, 0.1) is 19.6 Å². The van der Waals surface area contributed by atoms with E-state index in [1.54, 1.807) is 24.3 Å². The summed E-state index contributed by atoms with van der Waals surface area (Å²) in [5.41, 5.74) is 3.36. The minimum atomic E-state index is -3.71. The SMILES string of the molecule is Cc1ccc(S(=O)(=O)OCC[C@@H](CC/C=C/[Si](C)(C)C)O[Si](C)(C)C)cc1. The molecule has 7 heteroatoms. The fourth-order valence-corrected chi connectivity index (χ4v) is 5.57. The highest BCUT2D eigenvalue weighted by atomic mass is 32.2. The predicted octanol–water partition coefficient (Wildman–Crippen LogP) is 5.52. The minimum Gasteiger partial charge on any atom is -0.415 e. The van der Waals surface area contributed by atoms with Crippen LogP contribution in [0.5, 0.6) is 0 Å². The zero-order valence-electron chi connectivity index (χ0n) is 17.9. The fourth-order valence-electron chi connectivity index (χ4n) is 2.54. The van der Waals surface area contributed by atoms with Gasteiger partial charge in [0.15, 0.2) is 8.32 Å². The minimum absolute atomic E-state index is 0.0242. The first-order valence-corrected chi connectivity index (χ1v) is 18.0. The molecule has 0 heterocycles. The van der Waals surface area contributed by atoms with E-state index in [-0.39, 0.29) is 17.6 Å². The molecule has 0 aliphatic heterocycles. The first-order valence-electron chi connectivity index (χ1n) is 9.60. The number of allylic oxidation sites excluding steroid dienone is 1. The Hall–Kier alpha value is -0.736. The molecule has 154 valence electrons. The Balaban J connectivity index is 2.62. The molecular formula is C20H36O4SSi2. The van der Waals surface area contributed by atoms with Crippen molar-refractivity contribution in [2.75, 3.05) is 6.61 Å². The molecule has 27 heavy (non-hydrogen) atoms. The van der Waals surface area contributed by atoms with Crippen LogP contribution in [0.2, 0.25) is 39.3 Å². The Kier molecular flexibility index (Phi) is 9.14. The second-order valence-corrected chi connectivity index (χ2v) is 20.2. The van der Waals surface area contributed by atoms with Crippen LogP contribution in [-0.4, -0.2) is 37.5 Å². The highest BCUT2D eigenvalue weighted by Crippen LogP contribution is 2.18. The van der Waals surface area contributed by atoms with Gasteiger partial charge in [0.2, 0.25) is 0 Å². The smallest absolute Gasteiger partial charge is 0.296 e. The summed E-state index contributed by atoms with van der Waals surface area (Å²) in [5, 5.41) is 0. The van der Waals surface area contributed by atoms with Gasteiger partial charge in [0.25, 0.3) is 10.1 Å². The third kappa shape index (κ3) is 11.0. The molecule has 1 aromatic rings. The van der Waals surface area contributed by atoms with E-state index in [1.807, 2.05) is 6.92 Å². The topological polar surface area (TPSA) is 52.6 Å². The van der Waals surface area contributed by atoms with E-state index in [0.29, 0.717) is 6.42 Å². The van der Waals surface area contributed by atoms with Crippen LogP contribution in [0.1, 0.15) is 24.8 Å². The molecule has 1 rings (SSSR count). The standard InChI is InChI=1S/C20H36O4SSi2/c1-18-11-13-20(14-12-18)25(21,22)23-16-15-19(24-27(5,6)7)10-8-9-17-26(2,3)4/h9,11-14,17,19H,8,10,15-16H2,1-7H3/b17-9+/t19-/m1/s1. The quantitative estimate of drug-likeness (QED) is 0.344. The molecule has 0 amide bonds. The van der Waals surface area contributed by atoms with Crippen molar-refractivity contribution in [1.82, 2.24) is 0 Å². The molecule has 0 N–H and O–H groups in total. The molecule has 0 aliphatic carbocycles. The highest BCUT2D eigenvalue weighted by molar-refractivity contribution is 7.86. The average molecular weight is 429 g/mol. The largest absolute Gasteiger partial charge is 0.415 e. The van der Waals surface area contributed by atoms with Crippen LogP contribution >= 0.6 is 0 Å². The molecule has 0 fully saturated rings. The van der Waals surface area contributed by atoms with Gasteiger partial charge in [-0.3, -0.25) is 4.18 Å². The Morgan fingerprint density at radius 3 is 2.11 bits per heavy atom. The third-order valence-corrected chi connectivity index (χ3v) is 7.38. The van der Waals surface area contributed by atoms with Crippen LogP contribution in [-0.2, 0) is 18.7 Å². The lowest BCUT2D eigenvalue weighted by Crippen LogP contribution is -2.33. The van der Waals surface area contributed by atoms with E-state index in [0.717, 1.165) is 18.4 Å². The summed E-state index contributed by atoms with van der Waals surface area (Å²) >= 11 is 0. The Labute approximate surface area is 168 Å². The third-order valence-electron chi connectivity index (χ3n) is 3.78.